The molecule has 4 N–H and O–H groups in total. The van der Waals surface area contributed by atoms with Gasteiger partial charge in [-0.15, -0.1) is 24.8 Å². The SMILES string of the molecule is Cc1cccc2[nH]c(CCC(=O)Nc3cc(CN)cc(C(F)(F)F)c3)nc12.Cl.Cl. The lowest BCUT2D eigenvalue weighted by molar-refractivity contribution is -0.137. The predicted molar refractivity (Wildman–Crippen MR) is 112 cm³/mol. The molecule has 0 bridgehead atoms. The molecule has 0 fully saturated rings. The molecular formula is C19H21Cl2F3N4O. The Morgan fingerprint density at radius 2 is 1.93 bits per heavy atom. The highest BCUT2D eigenvalue weighted by atomic mass is 35.5. The minimum atomic E-state index is -4.50. The van der Waals surface area contributed by atoms with Crippen molar-refractivity contribution in [1.82, 2.24) is 9.97 Å². The molecule has 0 saturated heterocycles. The number of para-hydroxylation sites is 1. The van der Waals surface area contributed by atoms with E-state index in [1.807, 2.05) is 25.1 Å². The van der Waals surface area contributed by atoms with Gasteiger partial charge in [-0.1, -0.05) is 12.1 Å². The molecule has 5 nitrogen and oxygen atoms in total. The molecule has 1 aromatic heterocycles. The first-order valence-corrected chi connectivity index (χ1v) is 8.41. The number of carbonyl (C=O) groups is 1. The van der Waals surface area contributed by atoms with Crippen molar-refractivity contribution in [2.75, 3.05) is 5.32 Å². The van der Waals surface area contributed by atoms with Gasteiger partial charge in [0.1, 0.15) is 5.82 Å². The second-order valence-electron chi connectivity index (χ2n) is 6.32. The van der Waals surface area contributed by atoms with Crippen molar-refractivity contribution in [2.45, 2.75) is 32.5 Å². The van der Waals surface area contributed by atoms with Crippen LogP contribution < -0.4 is 11.1 Å². The van der Waals surface area contributed by atoms with E-state index in [1.165, 1.54) is 6.07 Å². The summed E-state index contributed by atoms with van der Waals surface area (Å²) in [5, 5.41) is 2.51. The molecule has 29 heavy (non-hydrogen) atoms. The molecule has 2 aromatic carbocycles. The standard InChI is InChI=1S/C19H19F3N4O.2ClH/c1-11-3-2-4-15-18(11)26-16(25-15)5-6-17(27)24-14-8-12(10-23)7-13(9-14)19(20,21)22;;/h2-4,7-9H,5-6,10,23H2,1H3,(H,24,27)(H,25,26);2*1H. The van der Waals surface area contributed by atoms with E-state index in [4.69, 9.17) is 5.73 Å². The number of nitrogens with two attached hydrogens (primary N) is 1. The zero-order valence-electron chi connectivity index (χ0n) is 15.5. The quantitative estimate of drug-likeness (QED) is 0.525. The van der Waals surface area contributed by atoms with E-state index in [0.29, 0.717) is 17.8 Å². The van der Waals surface area contributed by atoms with Gasteiger partial charge in [0.05, 0.1) is 16.6 Å². The molecule has 0 aliphatic heterocycles. The van der Waals surface area contributed by atoms with Crippen LogP contribution in [0, 0.1) is 6.92 Å². The first-order valence-electron chi connectivity index (χ1n) is 8.41. The number of aromatic amines is 1. The Bertz CT molecular complexity index is 989. The van der Waals surface area contributed by atoms with Crippen molar-refractivity contribution in [2.24, 2.45) is 5.73 Å². The third kappa shape index (κ3) is 6.09. The van der Waals surface area contributed by atoms with Crippen LogP contribution in [0.1, 0.15) is 28.9 Å². The van der Waals surface area contributed by atoms with Crippen molar-refractivity contribution in [1.29, 1.82) is 0 Å². The number of hydrogen-bond acceptors (Lipinski definition) is 3. The lowest BCUT2D eigenvalue weighted by Crippen LogP contribution is -2.15. The summed E-state index contributed by atoms with van der Waals surface area (Å²) in [5.74, 6) is 0.260. The topological polar surface area (TPSA) is 83.8 Å². The number of nitrogens with zero attached hydrogens (tertiary/aromatic N) is 1. The van der Waals surface area contributed by atoms with Crippen LogP contribution >= 0.6 is 24.8 Å². The molecule has 1 amide bonds. The average molecular weight is 449 g/mol. The second-order valence-corrected chi connectivity index (χ2v) is 6.32. The van der Waals surface area contributed by atoms with Crippen molar-refractivity contribution < 1.29 is 18.0 Å². The summed E-state index contributed by atoms with van der Waals surface area (Å²) in [7, 11) is 0. The van der Waals surface area contributed by atoms with Crippen LogP contribution in [0.4, 0.5) is 18.9 Å². The Balaban J connectivity index is 0.00000210. The fourth-order valence-electron chi connectivity index (χ4n) is 2.85. The number of halogens is 5. The number of H-pyrrole nitrogens is 1. The molecule has 1 heterocycles. The van der Waals surface area contributed by atoms with Gasteiger partial charge in [-0.3, -0.25) is 4.79 Å². The summed E-state index contributed by atoms with van der Waals surface area (Å²) < 4.78 is 38.9. The van der Waals surface area contributed by atoms with Crippen molar-refractivity contribution in [3.05, 3.63) is 58.9 Å². The number of alkyl halides is 3. The zero-order valence-corrected chi connectivity index (χ0v) is 17.1. The van der Waals surface area contributed by atoms with Gasteiger partial charge in [-0.2, -0.15) is 13.2 Å². The molecule has 0 saturated carbocycles. The van der Waals surface area contributed by atoms with Crippen LogP contribution in [0.15, 0.2) is 36.4 Å². The summed E-state index contributed by atoms with van der Waals surface area (Å²) in [6, 6.07) is 9.08. The van der Waals surface area contributed by atoms with Gasteiger partial charge in [0.25, 0.3) is 0 Å². The maximum Gasteiger partial charge on any atom is 0.416 e. The number of amides is 1. The van der Waals surface area contributed by atoms with E-state index in [9.17, 15) is 18.0 Å². The molecular weight excluding hydrogens is 428 g/mol. The molecule has 0 aliphatic carbocycles. The van der Waals surface area contributed by atoms with Gasteiger partial charge in [0.2, 0.25) is 5.91 Å². The molecule has 0 atom stereocenters. The third-order valence-corrected chi connectivity index (χ3v) is 4.19. The molecule has 0 radical (unpaired) electrons. The van der Waals surface area contributed by atoms with Crippen LogP contribution in [0.2, 0.25) is 0 Å². The molecule has 158 valence electrons. The fourth-order valence-corrected chi connectivity index (χ4v) is 2.85. The Morgan fingerprint density at radius 1 is 1.21 bits per heavy atom. The van der Waals surface area contributed by atoms with Crippen LogP contribution in [0.25, 0.3) is 11.0 Å². The number of fused-ring (bicyclic) bond motifs is 1. The van der Waals surface area contributed by atoms with Gasteiger partial charge in [0, 0.05) is 25.1 Å². The fraction of sp³-hybridized carbons (Fsp3) is 0.263. The largest absolute Gasteiger partial charge is 0.416 e. The van der Waals surface area contributed by atoms with E-state index in [0.717, 1.165) is 28.7 Å². The number of aromatic nitrogens is 2. The summed E-state index contributed by atoms with van der Waals surface area (Å²) in [6.45, 7) is 1.90. The Hall–Kier alpha value is -2.29. The molecule has 0 spiro atoms. The van der Waals surface area contributed by atoms with Gasteiger partial charge >= 0.3 is 6.18 Å². The summed E-state index contributed by atoms with van der Waals surface area (Å²) in [4.78, 5) is 19.8. The number of benzene rings is 2. The van der Waals surface area contributed by atoms with E-state index in [-0.39, 0.29) is 43.5 Å². The lowest BCUT2D eigenvalue weighted by Gasteiger charge is -2.12. The monoisotopic (exact) mass is 448 g/mol. The minimum absolute atomic E-state index is 0. The minimum Gasteiger partial charge on any atom is -0.342 e. The highest BCUT2D eigenvalue weighted by Gasteiger charge is 2.31. The van der Waals surface area contributed by atoms with Gasteiger partial charge < -0.3 is 16.0 Å². The average Bonchev–Trinajstić information content (AvgIpc) is 3.03. The molecule has 0 aliphatic rings. The van der Waals surface area contributed by atoms with Gasteiger partial charge in [0.15, 0.2) is 0 Å². The maximum atomic E-state index is 13.0. The van der Waals surface area contributed by atoms with Crippen LogP contribution in [-0.4, -0.2) is 15.9 Å². The van der Waals surface area contributed by atoms with E-state index >= 15 is 0 Å². The number of rotatable bonds is 5. The number of nitrogens with one attached hydrogen (secondary N) is 2. The highest BCUT2D eigenvalue weighted by molar-refractivity contribution is 5.91. The van der Waals surface area contributed by atoms with Gasteiger partial charge in [-0.25, -0.2) is 4.98 Å². The first kappa shape index (κ1) is 24.7. The van der Waals surface area contributed by atoms with Crippen LogP contribution in [0.3, 0.4) is 0 Å². The number of anilines is 1. The molecule has 3 aromatic rings. The maximum absolute atomic E-state index is 13.0. The third-order valence-electron chi connectivity index (χ3n) is 4.19. The second kappa shape index (κ2) is 9.96. The normalized spacial score (nSPS) is 10.9. The molecule has 3 rings (SSSR count). The van der Waals surface area contributed by atoms with Crippen LogP contribution in [0.5, 0.6) is 0 Å². The lowest BCUT2D eigenvalue weighted by atomic mass is 10.1. The molecule has 0 unspecified atom stereocenters. The van der Waals surface area contributed by atoms with E-state index < -0.39 is 17.6 Å². The van der Waals surface area contributed by atoms with E-state index in [1.54, 1.807) is 0 Å². The van der Waals surface area contributed by atoms with Crippen molar-refractivity contribution in [3.8, 4) is 0 Å². The molecule has 10 heteroatoms. The number of aryl methyl sites for hydroxylation is 2. The Labute approximate surface area is 178 Å². The number of hydrogen-bond donors (Lipinski definition) is 3. The first-order chi connectivity index (χ1) is 12.8. The van der Waals surface area contributed by atoms with Crippen molar-refractivity contribution in [3.63, 3.8) is 0 Å². The predicted octanol–water partition coefficient (Wildman–Crippen LogP) is 4.76. The smallest absolute Gasteiger partial charge is 0.342 e. The van der Waals surface area contributed by atoms with Gasteiger partial charge in [-0.05, 0) is 42.3 Å². The van der Waals surface area contributed by atoms with E-state index in [2.05, 4.69) is 15.3 Å². The van der Waals surface area contributed by atoms with Crippen LogP contribution in [-0.2, 0) is 23.9 Å². The number of carbonyl (C=O) groups excluding carboxylic acids is 1. The summed E-state index contributed by atoms with van der Waals surface area (Å²) in [5.41, 5.74) is 7.75. The summed E-state index contributed by atoms with van der Waals surface area (Å²) >= 11 is 0. The Kier molecular flexibility index (Phi) is 8.50. The van der Waals surface area contributed by atoms with Crippen molar-refractivity contribution >= 4 is 47.4 Å². The number of imidazole rings is 1. The highest BCUT2D eigenvalue weighted by Crippen LogP contribution is 2.32. The Morgan fingerprint density at radius 3 is 2.55 bits per heavy atom. The zero-order chi connectivity index (χ0) is 19.6. The summed E-state index contributed by atoms with van der Waals surface area (Å²) in [6.07, 6.45) is -4.06.